The second kappa shape index (κ2) is 5.68. The van der Waals surface area contributed by atoms with Crippen molar-refractivity contribution in [1.29, 1.82) is 0 Å². The Balaban J connectivity index is 1.69. The number of nitrogens with one attached hydrogen (secondary N) is 2. The highest BCUT2D eigenvalue weighted by molar-refractivity contribution is 7.13. The topological polar surface area (TPSA) is 54.0 Å². The molecule has 126 valence electrons. The summed E-state index contributed by atoms with van der Waals surface area (Å²) >= 11 is 1.44. The van der Waals surface area contributed by atoms with Gasteiger partial charge in [-0.15, -0.1) is 0 Å². The lowest BCUT2D eigenvalue weighted by Crippen LogP contribution is -2.11. The van der Waals surface area contributed by atoms with Crippen molar-refractivity contribution >= 4 is 44.5 Å². The van der Waals surface area contributed by atoms with Crippen molar-refractivity contribution in [2.24, 2.45) is 0 Å². The third-order valence-electron chi connectivity index (χ3n) is 4.75. The van der Waals surface area contributed by atoms with Crippen LogP contribution in [-0.4, -0.2) is 17.2 Å². The molecule has 0 amide bonds. The van der Waals surface area contributed by atoms with Crippen molar-refractivity contribution in [3.63, 3.8) is 0 Å². The van der Waals surface area contributed by atoms with E-state index in [4.69, 9.17) is 0 Å². The van der Waals surface area contributed by atoms with Crippen molar-refractivity contribution in [1.82, 2.24) is 4.37 Å². The zero-order chi connectivity index (χ0) is 17.7. The number of nitrogens with zero attached hydrogens (tertiary/aromatic N) is 1. The van der Waals surface area contributed by atoms with Crippen molar-refractivity contribution < 1.29 is 4.79 Å². The van der Waals surface area contributed by atoms with Gasteiger partial charge in [0.15, 0.2) is 5.78 Å². The summed E-state index contributed by atoms with van der Waals surface area (Å²) < 4.78 is 5.66. The molecule has 1 heterocycles. The number of hydrogen-bond donors (Lipinski definition) is 2. The molecular weight excluding hydrogens is 342 g/mol. The number of carbonyl (C=O) groups excluding carboxylic acids is 1. The average molecular weight is 357 g/mol. The van der Waals surface area contributed by atoms with Crippen LogP contribution in [0.3, 0.4) is 0 Å². The molecule has 0 saturated carbocycles. The van der Waals surface area contributed by atoms with Crippen molar-refractivity contribution in [3.8, 4) is 11.3 Å². The van der Waals surface area contributed by atoms with Crippen LogP contribution < -0.4 is 10.6 Å². The second-order valence-corrected chi connectivity index (χ2v) is 7.02. The molecule has 1 aliphatic rings. The van der Waals surface area contributed by atoms with Crippen LogP contribution in [-0.2, 0) is 0 Å². The number of benzene rings is 3. The van der Waals surface area contributed by atoms with Crippen LogP contribution in [0.2, 0.25) is 0 Å². The van der Waals surface area contributed by atoms with Gasteiger partial charge < -0.3 is 10.6 Å². The summed E-state index contributed by atoms with van der Waals surface area (Å²) in [6, 6.07) is 19.7. The van der Waals surface area contributed by atoms with E-state index in [1.165, 1.54) is 11.5 Å². The minimum absolute atomic E-state index is 0.0493. The van der Waals surface area contributed by atoms with Gasteiger partial charge in [0.1, 0.15) is 0 Å². The molecule has 5 rings (SSSR count). The SMILES string of the molecule is CNc1ccc(Nc2ccc3snc4c3c2C(=O)c2ccccc2-4)cc1. The number of rotatable bonds is 3. The molecular formula is C21H15N3OS. The molecule has 1 aromatic heterocycles. The van der Waals surface area contributed by atoms with E-state index >= 15 is 0 Å². The smallest absolute Gasteiger partial charge is 0.196 e. The van der Waals surface area contributed by atoms with E-state index in [1.54, 1.807) is 0 Å². The largest absolute Gasteiger partial charge is 0.388 e. The number of aromatic nitrogens is 1. The van der Waals surface area contributed by atoms with Crippen molar-refractivity contribution in [2.45, 2.75) is 0 Å². The summed E-state index contributed by atoms with van der Waals surface area (Å²) in [7, 11) is 1.89. The Morgan fingerprint density at radius 1 is 0.885 bits per heavy atom. The maximum atomic E-state index is 13.2. The molecule has 0 aliphatic heterocycles. The molecule has 26 heavy (non-hydrogen) atoms. The third-order valence-corrected chi connectivity index (χ3v) is 5.56. The fraction of sp³-hybridized carbons (Fsp3) is 0.0476. The van der Waals surface area contributed by atoms with Gasteiger partial charge in [-0.25, -0.2) is 0 Å². The third kappa shape index (κ3) is 2.14. The van der Waals surface area contributed by atoms with Gasteiger partial charge >= 0.3 is 0 Å². The Hall–Kier alpha value is -3.18. The van der Waals surface area contributed by atoms with E-state index < -0.39 is 0 Å². The lowest BCUT2D eigenvalue weighted by atomic mass is 9.86. The molecule has 2 N–H and O–H groups in total. The quantitative estimate of drug-likeness (QED) is 0.460. The van der Waals surface area contributed by atoms with E-state index in [9.17, 15) is 4.79 Å². The van der Waals surface area contributed by atoms with E-state index in [1.807, 2.05) is 67.7 Å². The Morgan fingerprint density at radius 3 is 2.38 bits per heavy atom. The van der Waals surface area contributed by atoms with Gasteiger partial charge in [0.2, 0.25) is 0 Å². The summed E-state index contributed by atoms with van der Waals surface area (Å²) in [5.74, 6) is 0.0493. The first-order valence-corrected chi connectivity index (χ1v) is 9.15. The summed E-state index contributed by atoms with van der Waals surface area (Å²) in [5, 5.41) is 7.47. The molecule has 0 saturated heterocycles. The van der Waals surface area contributed by atoms with Gasteiger partial charge in [-0.2, -0.15) is 4.37 Å². The Kier molecular flexibility index (Phi) is 3.30. The van der Waals surface area contributed by atoms with Gasteiger partial charge in [0.05, 0.1) is 21.6 Å². The van der Waals surface area contributed by atoms with E-state index in [-0.39, 0.29) is 5.78 Å². The molecule has 0 radical (unpaired) electrons. The number of anilines is 3. The summed E-state index contributed by atoms with van der Waals surface area (Å²) in [5.41, 5.74) is 6.05. The van der Waals surface area contributed by atoms with E-state index in [0.717, 1.165) is 38.4 Å². The molecule has 0 spiro atoms. The lowest BCUT2D eigenvalue weighted by molar-refractivity contribution is 0.104. The molecule has 4 aromatic rings. The van der Waals surface area contributed by atoms with Crippen LogP contribution in [0.5, 0.6) is 0 Å². The normalized spacial score (nSPS) is 12.1. The highest BCUT2D eigenvalue weighted by atomic mass is 32.1. The molecule has 0 unspecified atom stereocenters. The number of fused-ring (bicyclic) bond motifs is 2. The summed E-state index contributed by atoms with van der Waals surface area (Å²) in [6.07, 6.45) is 0. The first-order chi connectivity index (χ1) is 12.8. The lowest BCUT2D eigenvalue weighted by Gasteiger charge is -2.19. The fourth-order valence-corrected chi connectivity index (χ4v) is 4.26. The van der Waals surface area contributed by atoms with Crippen LogP contribution in [0.25, 0.3) is 21.3 Å². The average Bonchev–Trinajstić information content (AvgIpc) is 3.12. The minimum atomic E-state index is 0.0493. The van der Waals surface area contributed by atoms with Crippen LogP contribution >= 0.6 is 11.5 Å². The van der Waals surface area contributed by atoms with E-state index in [2.05, 4.69) is 15.0 Å². The number of ketones is 1. The Morgan fingerprint density at radius 2 is 1.62 bits per heavy atom. The predicted octanol–water partition coefficient (Wildman–Crippen LogP) is 5.29. The van der Waals surface area contributed by atoms with Crippen molar-refractivity contribution in [3.05, 3.63) is 71.8 Å². The number of carbonyl (C=O) groups is 1. The highest BCUT2D eigenvalue weighted by Gasteiger charge is 2.29. The minimum Gasteiger partial charge on any atom is -0.388 e. The first-order valence-electron chi connectivity index (χ1n) is 8.37. The maximum Gasteiger partial charge on any atom is 0.196 e. The van der Waals surface area contributed by atoms with Crippen LogP contribution in [0.15, 0.2) is 60.7 Å². The molecule has 5 heteroatoms. The zero-order valence-electron chi connectivity index (χ0n) is 14.0. The first kappa shape index (κ1) is 15.1. The second-order valence-electron chi connectivity index (χ2n) is 6.22. The monoisotopic (exact) mass is 357 g/mol. The summed E-state index contributed by atoms with van der Waals surface area (Å²) in [4.78, 5) is 13.2. The molecule has 4 nitrogen and oxygen atoms in total. The Bertz CT molecular complexity index is 1160. The predicted molar refractivity (Wildman–Crippen MR) is 108 cm³/mol. The van der Waals surface area contributed by atoms with E-state index in [0.29, 0.717) is 11.1 Å². The molecule has 0 fully saturated rings. The van der Waals surface area contributed by atoms with Gasteiger partial charge in [0.25, 0.3) is 0 Å². The fourth-order valence-electron chi connectivity index (χ4n) is 3.46. The van der Waals surface area contributed by atoms with Crippen molar-refractivity contribution in [2.75, 3.05) is 17.7 Å². The maximum absolute atomic E-state index is 13.2. The Labute approximate surface area is 154 Å². The molecule has 0 bridgehead atoms. The standard InChI is InChI=1S/C21H15N3OS/c1-22-12-6-8-13(9-7-12)23-16-10-11-17-19-18(16)21(25)15-5-3-2-4-14(15)20(19)24-26-17/h2-11,22-23H,1H3. The molecule has 0 atom stereocenters. The molecule has 3 aromatic carbocycles. The van der Waals surface area contributed by atoms with Gasteiger partial charge in [-0.05, 0) is 47.9 Å². The number of hydrogen-bond acceptors (Lipinski definition) is 5. The van der Waals surface area contributed by atoms with Crippen LogP contribution in [0.1, 0.15) is 15.9 Å². The molecule has 1 aliphatic carbocycles. The summed E-state index contributed by atoms with van der Waals surface area (Å²) in [6.45, 7) is 0. The van der Waals surface area contributed by atoms with Gasteiger partial charge in [-0.1, -0.05) is 24.3 Å². The van der Waals surface area contributed by atoms with Gasteiger partial charge in [0, 0.05) is 34.9 Å². The van der Waals surface area contributed by atoms with Crippen LogP contribution in [0.4, 0.5) is 17.1 Å². The van der Waals surface area contributed by atoms with Crippen LogP contribution in [0, 0.1) is 0 Å². The highest BCUT2D eigenvalue weighted by Crippen LogP contribution is 2.43. The van der Waals surface area contributed by atoms with Gasteiger partial charge in [-0.3, -0.25) is 4.79 Å². The zero-order valence-corrected chi connectivity index (χ0v) is 14.9.